The van der Waals surface area contributed by atoms with Gasteiger partial charge in [0.05, 0.1) is 6.54 Å². The minimum absolute atomic E-state index is 0.00409. The zero-order chi connectivity index (χ0) is 17.4. The van der Waals surface area contributed by atoms with Crippen molar-refractivity contribution in [3.05, 3.63) is 23.9 Å². The van der Waals surface area contributed by atoms with Crippen LogP contribution < -0.4 is 15.5 Å². The summed E-state index contributed by atoms with van der Waals surface area (Å²) in [6.45, 7) is 12.2. The molecule has 5 heteroatoms. The Labute approximate surface area is 147 Å². The molecule has 1 aromatic rings. The third-order valence-electron chi connectivity index (χ3n) is 4.00. The number of guanidine groups is 1. The minimum Gasteiger partial charge on any atom is -0.357 e. The number of pyridine rings is 1. The number of aromatic nitrogens is 1. The average molecular weight is 332 g/mol. The first kappa shape index (κ1) is 18.6. The summed E-state index contributed by atoms with van der Waals surface area (Å²) < 4.78 is 0. The van der Waals surface area contributed by atoms with Crippen molar-refractivity contribution in [2.75, 3.05) is 24.5 Å². The van der Waals surface area contributed by atoms with Crippen molar-refractivity contribution >= 4 is 11.8 Å². The Bertz CT molecular complexity index is 508. The predicted octanol–water partition coefficient (Wildman–Crippen LogP) is 3.32. The molecule has 5 nitrogen and oxygen atoms in total. The second-order valence-corrected chi connectivity index (χ2v) is 7.50. The van der Waals surface area contributed by atoms with Crippen LogP contribution in [-0.4, -0.2) is 36.1 Å². The van der Waals surface area contributed by atoms with Crippen LogP contribution in [0.3, 0.4) is 0 Å². The van der Waals surface area contributed by atoms with E-state index in [1.165, 1.54) is 25.7 Å². The van der Waals surface area contributed by atoms with E-state index in [1.54, 1.807) is 0 Å². The molecule has 0 atom stereocenters. The first-order chi connectivity index (χ1) is 11.5. The van der Waals surface area contributed by atoms with Crippen LogP contribution in [0.15, 0.2) is 23.3 Å². The number of anilines is 1. The summed E-state index contributed by atoms with van der Waals surface area (Å²) in [7, 11) is 0. The lowest BCUT2D eigenvalue weighted by molar-refractivity contribution is 0.501. The number of hydrogen-bond donors (Lipinski definition) is 2. The fourth-order valence-corrected chi connectivity index (χ4v) is 2.83. The van der Waals surface area contributed by atoms with Gasteiger partial charge in [0.15, 0.2) is 5.96 Å². The summed E-state index contributed by atoms with van der Waals surface area (Å²) in [5.41, 5.74) is 1.13. The lowest BCUT2D eigenvalue weighted by atomic mass is 10.1. The van der Waals surface area contributed by atoms with E-state index in [1.807, 2.05) is 6.20 Å². The van der Waals surface area contributed by atoms with Crippen LogP contribution in [0.4, 0.5) is 5.82 Å². The molecule has 2 heterocycles. The molecule has 1 aliphatic heterocycles. The maximum atomic E-state index is 4.67. The van der Waals surface area contributed by atoms with Gasteiger partial charge in [-0.05, 0) is 52.2 Å². The van der Waals surface area contributed by atoms with E-state index in [0.717, 1.165) is 37.0 Å². The van der Waals surface area contributed by atoms with Crippen LogP contribution in [0, 0.1) is 0 Å². The first-order valence-electron chi connectivity index (χ1n) is 9.24. The molecular weight excluding hydrogens is 298 g/mol. The van der Waals surface area contributed by atoms with Gasteiger partial charge in [0.25, 0.3) is 0 Å². The van der Waals surface area contributed by atoms with Gasteiger partial charge in [-0.3, -0.25) is 0 Å². The molecule has 2 rings (SSSR count). The summed E-state index contributed by atoms with van der Waals surface area (Å²) in [6, 6.07) is 4.29. The first-order valence-corrected chi connectivity index (χ1v) is 9.24. The van der Waals surface area contributed by atoms with Crippen LogP contribution >= 0.6 is 0 Å². The minimum atomic E-state index is -0.00409. The fraction of sp³-hybridized carbons (Fsp3) is 0.684. The summed E-state index contributed by atoms with van der Waals surface area (Å²) in [5, 5.41) is 6.70. The number of hydrogen-bond acceptors (Lipinski definition) is 3. The molecule has 1 aliphatic rings. The Morgan fingerprint density at radius 3 is 2.42 bits per heavy atom. The summed E-state index contributed by atoms with van der Waals surface area (Å²) in [4.78, 5) is 11.7. The molecule has 2 N–H and O–H groups in total. The average Bonchev–Trinajstić information content (AvgIpc) is 2.81. The lowest BCUT2D eigenvalue weighted by Gasteiger charge is -2.23. The molecule has 1 aromatic heterocycles. The highest BCUT2D eigenvalue weighted by Crippen LogP contribution is 2.17. The van der Waals surface area contributed by atoms with E-state index in [4.69, 9.17) is 0 Å². The molecule has 24 heavy (non-hydrogen) atoms. The SMILES string of the molecule is CCNC(=NCc1ccc(N2CCCCCC2)nc1)NC(C)(C)C. The van der Waals surface area contributed by atoms with E-state index < -0.39 is 0 Å². The monoisotopic (exact) mass is 331 g/mol. The van der Waals surface area contributed by atoms with E-state index >= 15 is 0 Å². The van der Waals surface area contributed by atoms with E-state index in [0.29, 0.717) is 6.54 Å². The highest BCUT2D eigenvalue weighted by atomic mass is 15.2. The van der Waals surface area contributed by atoms with Gasteiger partial charge in [-0.2, -0.15) is 0 Å². The number of nitrogens with one attached hydrogen (secondary N) is 2. The molecule has 1 saturated heterocycles. The standard InChI is InChI=1S/C19H33N5/c1-5-20-18(23-19(2,3)4)22-15-16-10-11-17(21-14-16)24-12-8-6-7-9-13-24/h10-11,14H,5-9,12-13,15H2,1-4H3,(H2,20,22,23). The molecular formula is C19H33N5. The highest BCUT2D eigenvalue weighted by molar-refractivity contribution is 5.80. The van der Waals surface area contributed by atoms with Gasteiger partial charge >= 0.3 is 0 Å². The topological polar surface area (TPSA) is 52.6 Å². The van der Waals surface area contributed by atoms with Gasteiger partial charge in [0.2, 0.25) is 0 Å². The van der Waals surface area contributed by atoms with Gasteiger partial charge in [-0.25, -0.2) is 9.98 Å². The van der Waals surface area contributed by atoms with Crippen molar-refractivity contribution in [3.63, 3.8) is 0 Å². The van der Waals surface area contributed by atoms with Gasteiger partial charge in [0.1, 0.15) is 5.82 Å². The lowest BCUT2D eigenvalue weighted by Crippen LogP contribution is -2.47. The van der Waals surface area contributed by atoms with E-state index in [2.05, 4.69) is 65.3 Å². The van der Waals surface area contributed by atoms with Crippen molar-refractivity contribution in [2.24, 2.45) is 4.99 Å². The molecule has 0 aliphatic carbocycles. The molecule has 0 bridgehead atoms. The van der Waals surface area contributed by atoms with Crippen LogP contribution in [0.5, 0.6) is 0 Å². The maximum absolute atomic E-state index is 4.67. The third-order valence-corrected chi connectivity index (χ3v) is 4.00. The molecule has 0 spiro atoms. The van der Waals surface area contributed by atoms with Crippen molar-refractivity contribution in [2.45, 2.75) is 65.5 Å². The van der Waals surface area contributed by atoms with E-state index in [9.17, 15) is 0 Å². The van der Waals surface area contributed by atoms with Crippen molar-refractivity contribution in [1.82, 2.24) is 15.6 Å². The number of nitrogens with zero attached hydrogens (tertiary/aromatic N) is 3. The third kappa shape index (κ3) is 6.38. The molecule has 134 valence electrons. The quantitative estimate of drug-likeness (QED) is 0.656. The second kappa shape index (κ2) is 8.90. The Morgan fingerprint density at radius 1 is 1.17 bits per heavy atom. The second-order valence-electron chi connectivity index (χ2n) is 7.50. The van der Waals surface area contributed by atoms with Gasteiger partial charge in [-0.1, -0.05) is 18.9 Å². The molecule has 0 amide bonds. The van der Waals surface area contributed by atoms with Crippen molar-refractivity contribution in [1.29, 1.82) is 0 Å². The predicted molar refractivity (Wildman–Crippen MR) is 103 cm³/mol. The normalized spacial score (nSPS) is 16.7. The van der Waals surface area contributed by atoms with Gasteiger partial charge in [-0.15, -0.1) is 0 Å². The fourth-order valence-electron chi connectivity index (χ4n) is 2.83. The van der Waals surface area contributed by atoms with Crippen LogP contribution in [0.25, 0.3) is 0 Å². The highest BCUT2D eigenvalue weighted by Gasteiger charge is 2.12. The van der Waals surface area contributed by atoms with Crippen molar-refractivity contribution in [3.8, 4) is 0 Å². The van der Waals surface area contributed by atoms with Crippen LogP contribution in [-0.2, 0) is 6.54 Å². The number of rotatable bonds is 4. The van der Waals surface area contributed by atoms with Crippen LogP contribution in [0.2, 0.25) is 0 Å². The largest absolute Gasteiger partial charge is 0.357 e. The summed E-state index contributed by atoms with van der Waals surface area (Å²) in [6.07, 6.45) is 7.20. The Kier molecular flexibility index (Phi) is 6.88. The summed E-state index contributed by atoms with van der Waals surface area (Å²) in [5.74, 6) is 1.95. The number of aliphatic imine (C=N–C) groups is 1. The van der Waals surface area contributed by atoms with Crippen LogP contribution in [0.1, 0.15) is 58.9 Å². The van der Waals surface area contributed by atoms with Gasteiger partial charge < -0.3 is 15.5 Å². The zero-order valence-corrected chi connectivity index (χ0v) is 15.7. The zero-order valence-electron chi connectivity index (χ0n) is 15.7. The van der Waals surface area contributed by atoms with E-state index in [-0.39, 0.29) is 5.54 Å². The molecule has 0 saturated carbocycles. The summed E-state index contributed by atoms with van der Waals surface area (Å²) >= 11 is 0. The Balaban J connectivity index is 1.97. The Hall–Kier alpha value is -1.78. The Morgan fingerprint density at radius 2 is 1.88 bits per heavy atom. The van der Waals surface area contributed by atoms with Crippen molar-refractivity contribution < 1.29 is 0 Å². The smallest absolute Gasteiger partial charge is 0.191 e. The molecule has 0 radical (unpaired) electrons. The maximum Gasteiger partial charge on any atom is 0.191 e. The molecule has 1 fully saturated rings. The molecule has 0 aromatic carbocycles. The molecule has 0 unspecified atom stereocenters. The van der Waals surface area contributed by atoms with Gasteiger partial charge in [0, 0.05) is 31.4 Å².